The Hall–Kier alpha value is -1.90. The Balaban J connectivity index is 1.93. The second-order valence-electron chi connectivity index (χ2n) is 7.06. The fourth-order valence-corrected chi connectivity index (χ4v) is 3.67. The molecule has 122 valence electrons. The van der Waals surface area contributed by atoms with E-state index in [2.05, 4.69) is 30.9 Å². The van der Waals surface area contributed by atoms with E-state index in [9.17, 15) is 9.59 Å². The summed E-state index contributed by atoms with van der Waals surface area (Å²) in [5.74, 6) is 0.459. The Labute approximate surface area is 137 Å². The maximum atomic E-state index is 12.2. The number of anilines is 1. The summed E-state index contributed by atoms with van der Waals surface area (Å²) in [6, 6.07) is 8.46. The van der Waals surface area contributed by atoms with Gasteiger partial charge in [0.25, 0.3) is 0 Å². The van der Waals surface area contributed by atoms with Gasteiger partial charge in [-0.1, -0.05) is 57.4 Å². The second-order valence-corrected chi connectivity index (χ2v) is 7.06. The molecule has 3 rings (SSSR count). The van der Waals surface area contributed by atoms with E-state index in [-0.39, 0.29) is 10.9 Å². The van der Waals surface area contributed by atoms with Crippen molar-refractivity contribution in [1.29, 1.82) is 0 Å². The molecular formula is C20H25NO2. The largest absolute Gasteiger partial charge is 0.368 e. The van der Waals surface area contributed by atoms with Crippen LogP contribution in [-0.2, 0) is 0 Å². The van der Waals surface area contributed by atoms with Crippen molar-refractivity contribution in [2.45, 2.75) is 57.9 Å². The number of nitrogens with zero attached hydrogens (tertiary/aromatic N) is 1. The first kappa shape index (κ1) is 16.0. The molecule has 3 nitrogen and oxygen atoms in total. The van der Waals surface area contributed by atoms with Gasteiger partial charge in [0.15, 0.2) is 0 Å². The predicted molar refractivity (Wildman–Crippen MR) is 96.2 cm³/mol. The molecule has 0 N–H and O–H groups in total. The predicted octanol–water partition coefficient (Wildman–Crippen LogP) is 3.84. The minimum absolute atomic E-state index is 0.319. The molecule has 1 aliphatic carbocycles. The van der Waals surface area contributed by atoms with Gasteiger partial charge in [0, 0.05) is 13.1 Å². The first-order valence-electron chi connectivity index (χ1n) is 8.67. The topological polar surface area (TPSA) is 37.4 Å². The summed E-state index contributed by atoms with van der Waals surface area (Å²) in [5, 5.41) is 0. The van der Waals surface area contributed by atoms with Gasteiger partial charge in [-0.2, -0.15) is 0 Å². The Morgan fingerprint density at radius 1 is 0.957 bits per heavy atom. The number of hydrogen-bond acceptors (Lipinski definition) is 3. The van der Waals surface area contributed by atoms with Gasteiger partial charge in [-0.15, -0.1) is 0 Å². The molecule has 0 amide bonds. The molecule has 0 saturated heterocycles. The van der Waals surface area contributed by atoms with Crippen LogP contribution in [0.4, 0.5) is 5.69 Å². The van der Waals surface area contributed by atoms with Gasteiger partial charge < -0.3 is 4.90 Å². The molecule has 0 bridgehead atoms. The maximum absolute atomic E-state index is 12.2. The number of rotatable bonds is 4. The standard InChI is InChI=1S/C20H25NO2/c1-13(2)14-9-11-15(12-10-14)17-18(20(23)19(17)22)21(3)16-7-5-4-6-8-16/h9-13,16H,4-8H2,1-3H3. The van der Waals surface area contributed by atoms with Gasteiger partial charge in [-0.05, 0) is 29.9 Å². The number of benzene rings is 1. The fraction of sp³-hybridized carbons (Fsp3) is 0.500. The van der Waals surface area contributed by atoms with E-state index in [0.717, 1.165) is 18.4 Å². The van der Waals surface area contributed by atoms with Crippen LogP contribution in [0.1, 0.15) is 57.4 Å². The highest BCUT2D eigenvalue weighted by Gasteiger charge is 2.29. The van der Waals surface area contributed by atoms with E-state index in [1.165, 1.54) is 24.8 Å². The molecule has 2 aromatic carbocycles. The minimum Gasteiger partial charge on any atom is -0.368 e. The summed E-state index contributed by atoms with van der Waals surface area (Å²) < 4.78 is 0. The first-order valence-corrected chi connectivity index (χ1v) is 8.67. The summed E-state index contributed by atoms with van der Waals surface area (Å²) >= 11 is 0. The Bertz CT molecular complexity index is 745. The minimum atomic E-state index is -0.333. The van der Waals surface area contributed by atoms with Crippen LogP contribution in [0.2, 0.25) is 0 Å². The second kappa shape index (κ2) is 6.31. The number of hydrogen-bond donors (Lipinski definition) is 0. The highest BCUT2D eigenvalue weighted by Crippen LogP contribution is 2.31. The van der Waals surface area contributed by atoms with E-state index in [4.69, 9.17) is 0 Å². The van der Waals surface area contributed by atoms with E-state index in [0.29, 0.717) is 23.2 Å². The van der Waals surface area contributed by atoms with Crippen molar-refractivity contribution in [2.24, 2.45) is 0 Å². The van der Waals surface area contributed by atoms with Crippen molar-refractivity contribution in [3.63, 3.8) is 0 Å². The van der Waals surface area contributed by atoms with Gasteiger partial charge in [-0.25, -0.2) is 0 Å². The zero-order valence-electron chi connectivity index (χ0n) is 14.3. The first-order chi connectivity index (χ1) is 11.0. The van der Waals surface area contributed by atoms with Crippen molar-refractivity contribution < 1.29 is 0 Å². The Morgan fingerprint density at radius 3 is 2.13 bits per heavy atom. The van der Waals surface area contributed by atoms with Crippen molar-refractivity contribution in [2.75, 3.05) is 11.9 Å². The lowest BCUT2D eigenvalue weighted by Crippen LogP contribution is -2.45. The quantitative estimate of drug-likeness (QED) is 0.805. The molecule has 2 aromatic rings. The third-order valence-corrected chi connectivity index (χ3v) is 5.23. The summed E-state index contributed by atoms with van der Waals surface area (Å²) in [4.78, 5) is 26.4. The van der Waals surface area contributed by atoms with Gasteiger partial charge in [0.05, 0.1) is 5.56 Å². The van der Waals surface area contributed by atoms with Crippen LogP contribution < -0.4 is 15.8 Å². The van der Waals surface area contributed by atoms with Crippen molar-refractivity contribution >= 4 is 5.69 Å². The van der Waals surface area contributed by atoms with E-state index in [1.54, 1.807) is 0 Å². The van der Waals surface area contributed by atoms with E-state index < -0.39 is 0 Å². The maximum Gasteiger partial charge on any atom is 0.250 e. The van der Waals surface area contributed by atoms with Crippen molar-refractivity contribution in [3.8, 4) is 11.1 Å². The normalized spacial score (nSPS) is 16.2. The van der Waals surface area contributed by atoms with Gasteiger partial charge in [0.1, 0.15) is 5.69 Å². The zero-order chi connectivity index (χ0) is 16.6. The van der Waals surface area contributed by atoms with Crippen LogP contribution in [0.5, 0.6) is 0 Å². The highest BCUT2D eigenvalue weighted by molar-refractivity contribution is 5.82. The molecule has 1 fully saturated rings. The van der Waals surface area contributed by atoms with Crippen LogP contribution in [0, 0.1) is 0 Å². The summed E-state index contributed by atoms with van der Waals surface area (Å²) in [6.07, 6.45) is 5.92. The molecule has 0 heterocycles. The third kappa shape index (κ3) is 2.85. The zero-order valence-corrected chi connectivity index (χ0v) is 14.3. The van der Waals surface area contributed by atoms with E-state index in [1.807, 2.05) is 19.2 Å². The molecule has 3 heteroatoms. The van der Waals surface area contributed by atoms with Crippen molar-refractivity contribution in [1.82, 2.24) is 0 Å². The monoisotopic (exact) mass is 311 g/mol. The molecule has 0 spiro atoms. The van der Waals surface area contributed by atoms with Crippen LogP contribution in [0.25, 0.3) is 11.1 Å². The lowest BCUT2D eigenvalue weighted by molar-refractivity contribution is 0.427. The molecule has 0 atom stereocenters. The molecule has 0 aliphatic heterocycles. The van der Waals surface area contributed by atoms with Crippen LogP contribution in [0.3, 0.4) is 0 Å². The van der Waals surface area contributed by atoms with Gasteiger partial charge in [0.2, 0.25) is 10.9 Å². The van der Waals surface area contributed by atoms with Crippen LogP contribution in [-0.4, -0.2) is 13.1 Å². The molecule has 23 heavy (non-hydrogen) atoms. The molecule has 1 saturated carbocycles. The molecule has 1 aliphatic rings. The lowest BCUT2D eigenvalue weighted by Gasteiger charge is -2.34. The lowest BCUT2D eigenvalue weighted by atomic mass is 9.91. The fourth-order valence-electron chi connectivity index (χ4n) is 3.67. The molecule has 0 aromatic heterocycles. The van der Waals surface area contributed by atoms with E-state index >= 15 is 0 Å². The average Bonchev–Trinajstić information content (AvgIpc) is 2.59. The SMILES string of the molecule is CC(C)c1ccc(-c2c(N(C)C3CCCCC3)c(=O)c2=O)cc1. The third-order valence-electron chi connectivity index (χ3n) is 5.23. The summed E-state index contributed by atoms with van der Waals surface area (Å²) in [5.41, 5.74) is 2.70. The van der Waals surface area contributed by atoms with Crippen LogP contribution >= 0.6 is 0 Å². The Morgan fingerprint density at radius 2 is 1.57 bits per heavy atom. The molecule has 0 radical (unpaired) electrons. The van der Waals surface area contributed by atoms with Crippen LogP contribution in [0.15, 0.2) is 33.9 Å². The van der Waals surface area contributed by atoms with Crippen molar-refractivity contribution in [3.05, 3.63) is 50.3 Å². The summed E-state index contributed by atoms with van der Waals surface area (Å²) in [7, 11) is 1.97. The smallest absolute Gasteiger partial charge is 0.250 e. The molecular weight excluding hydrogens is 286 g/mol. The summed E-state index contributed by atoms with van der Waals surface area (Å²) in [6.45, 7) is 4.29. The van der Waals surface area contributed by atoms with Gasteiger partial charge >= 0.3 is 0 Å². The highest BCUT2D eigenvalue weighted by atomic mass is 16.2. The Kier molecular flexibility index (Phi) is 4.38. The average molecular weight is 311 g/mol. The molecule has 0 unspecified atom stereocenters. The van der Waals surface area contributed by atoms with Gasteiger partial charge in [-0.3, -0.25) is 9.59 Å².